The Balaban J connectivity index is 1.99. The summed E-state index contributed by atoms with van der Waals surface area (Å²) in [4.78, 5) is 4.27. The molecular formula is C15H17ClN2O. The molecule has 0 fully saturated rings. The molecule has 0 amide bonds. The molecule has 1 heterocycles. The standard InChI is InChI=1S/C15H17ClN2O/c1-2-19-14-9-6-10-17-15(14)18-11-13(16)12-7-4-3-5-8-12/h3-10,13H,2,11H2,1H3,(H,17,18). The van der Waals surface area contributed by atoms with Gasteiger partial charge in [-0.3, -0.25) is 0 Å². The topological polar surface area (TPSA) is 34.1 Å². The number of alkyl halides is 1. The molecule has 2 aromatic rings. The number of anilines is 1. The highest BCUT2D eigenvalue weighted by Gasteiger charge is 2.09. The smallest absolute Gasteiger partial charge is 0.168 e. The second-order valence-electron chi connectivity index (χ2n) is 4.04. The fraction of sp³-hybridized carbons (Fsp3) is 0.267. The number of hydrogen-bond donors (Lipinski definition) is 1. The van der Waals surface area contributed by atoms with E-state index in [1.165, 1.54) is 0 Å². The molecule has 2 rings (SSSR count). The van der Waals surface area contributed by atoms with Crippen molar-refractivity contribution in [1.29, 1.82) is 0 Å². The molecule has 0 spiro atoms. The first-order valence-corrected chi connectivity index (χ1v) is 6.75. The molecule has 3 nitrogen and oxygen atoms in total. The number of pyridine rings is 1. The summed E-state index contributed by atoms with van der Waals surface area (Å²) >= 11 is 6.35. The molecule has 100 valence electrons. The SMILES string of the molecule is CCOc1cccnc1NCC(Cl)c1ccccc1. The molecule has 1 aromatic heterocycles. The molecule has 4 heteroatoms. The molecular weight excluding hydrogens is 260 g/mol. The second kappa shape index (κ2) is 7.00. The van der Waals surface area contributed by atoms with Crippen LogP contribution in [0.3, 0.4) is 0 Å². The zero-order valence-electron chi connectivity index (χ0n) is 10.8. The van der Waals surface area contributed by atoms with Crippen LogP contribution in [0.2, 0.25) is 0 Å². The molecule has 0 radical (unpaired) electrons. The summed E-state index contributed by atoms with van der Waals surface area (Å²) in [5.74, 6) is 1.48. The lowest BCUT2D eigenvalue weighted by Gasteiger charge is -2.14. The third kappa shape index (κ3) is 3.86. The summed E-state index contributed by atoms with van der Waals surface area (Å²) in [6.45, 7) is 3.16. The van der Waals surface area contributed by atoms with Crippen molar-refractivity contribution in [2.24, 2.45) is 0 Å². The van der Waals surface area contributed by atoms with Crippen LogP contribution in [0.5, 0.6) is 5.75 Å². The molecule has 0 saturated carbocycles. The van der Waals surface area contributed by atoms with Crippen molar-refractivity contribution in [2.75, 3.05) is 18.5 Å². The van der Waals surface area contributed by atoms with Crippen LogP contribution in [0.4, 0.5) is 5.82 Å². The number of benzene rings is 1. The predicted molar refractivity (Wildman–Crippen MR) is 78.9 cm³/mol. The largest absolute Gasteiger partial charge is 0.490 e. The molecule has 0 aliphatic carbocycles. The van der Waals surface area contributed by atoms with Crippen molar-refractivity contribution >= 4 is 17.4 Å². The molecule has 0 aliphatic rings. The first-order chi connectivity index (χ1) is 9.31. The molecule has 1 unspecified atom stereocenters. The summed E-state index contributed by atoms with van der Waals surface area (Å²) in [6.07, 6.45) is 1.73. The van der Waals surface area contributed by atoms with Crippen molar-refractivity contribution in [2.45, 2.75) is 12.3 Å². The number of aromatic nitrogens is 1. The minimum absolute atomic E-state index is 0.0994. The third-order valence-corrected chi connectivity index (χ3v) is 3.09. The Morgan fingerprint density at radius 3 is 2.74 bits per heavy atom. The number of nitrogens with one attached hydrogen (secondary N) is 1. The van der Waals surface area contributed by atoms with Gasteiger partial charge in [-0.25, -0.2) is 4.98 Å². The summed E-state index contributed by atoms with van der Waals surface area (Å²) in [5, 5.41) is 3.13. The maximum atomic E-state index is 6.35. The van der Waals surface area contributed by atoms with Gasteiger partial charge in [0.1, 0.15) is 0 Å². The minimum atomic E-state index is -0.0994. The number of rotatable bonds is 6. The van der Waals surface area contributed by atoms with Crippen molar-refractivity contribution in [3.05, 3.63) is 54.2 Å². The molecule has 1 atom stereocenters. The molecule has 0 bridgehead atoms. The average Bonchev–Trinajstić information content (AvgIpc) is 2.47. The molecule has 0 aliphatic heterocycles. The summed E-state index contributed by atoms with van der Waals surface area (Å²) in [7, 11) is 0. The quantitative estimate of drug-likeness (QED) is 0.813. The van der Waals surface area contributed by atoms with E-state index < -0.39 is 0 Å². The summed E-state index contributed by atoms with van der Waals surface area (Å²) in [5.41, 5.74) is 1.09. The van der Waals surface area contributed by atoms with Crippen molar-refractivity contribution in [1.82, 2.24) is 4.98 Å². The average molecular weight is 277 g/mol. The van der Waals surface area contributed by atoms with Crippen LogP contribution < -0.4 is 10.1 Å². The van der Waals surface area contributed by atoms with Gasteiger partial charge in [-0.15, -0.1) is 11.6 Å². The maximum absolute atomic E-state index is 6.35. The fourth-order valence-corrected chi connectivity index (χ4v) is 1.98. The highest BCUT2D eigenvalue weighted by atomic mass is 35.5. The van der Waals surface area contributed by atoms with Gasteiger partial charge < -0.3 is 10.1 Å². The van der Waals surface area contributed by atoms with Crippen LogP contribution in [0.25, 0.3) is 0 Å². The van der Waals surface area contributed by atoms with E-state index in [0.717, 1.165) is 17.1 Å². The predicted octanol–water partition coefficient (Wildman–Crippen LogP) is 3.87. The van der Waals surface area contributed by atoms with Crippen LogP contribution >= 0.6 is 11.6 Å². The van der Waals surface area contributed by atoms with Gasteiger partial charge in [0.2, 0.25) is 0 Å². The van der Waals surface area contributed by atoms with Gasteiger partial charge in [0.05, 0.1) is 12.0 Å². The molecule has 1 aromatic carbocycles. The lowest BCUT2D eigenvalue weighted by Crippen LogP contribution is -2.10. The van der Waals surface area contributed by atoms with E-state index in [9.17, 15) is 0 Å². The van der Waals surface area contributed by atoms with Gasteiger partial charge in [0.15, 0.2) is 11.6 Å². The van der Waals surface area contributed by atoms with E-state index in [0.29, 0.717) is 13.2 Å². The van der Waals surface area contributed by atoms with E-state index in [2.05, 4.69) is 10.3 Å². The zero-order chi connectivity index (χ0) is 13.5. The van der Waals surface area contributed by atoms with Crippen LogP contribution in [0.1, 0.15) is 17.9 Å². The van der Waals surface area contributed by atoms with Crippen molar-refractivity contribution in [3.8, 4) is 5.75 Å². The van der Waals surface area contributed by atoms with E-state index in [1.807, 2.05) is 49.4 Å². The monoisotopic (exact) mass is 276 g/mol. The lowest BCUT2D eigenvalue weighted by molar-refractivity contribution is 0.340. The van der Waals surface area contributed by atoms with Gasteiger partial charge in [-0.05, 0) is 24.6 Å². The minimum Gasteiger partial charge on any atom is -0.490 e. The van der Waals surface area contributed by atoms with Crippen LogP contribution in [-0.2, 0) is 0 Å². The Morgan fingerprint density at radius 2 is 2.00 bits per heavy atom. The maximum Gasteiger partial charge on any atom is 0.168 e. The molecule has 19 heavy (non-hydrogen) atoms. The van der Waals surface area contributed by atoms with Crippen LogP contribution in [0.15, 0.2) is 48.7 Å². The Labute approximate surface area is 118 Å². The van der Waals surface area contributed by atoms with E-state index >= 15 is 0 Å². The number of hydrogen-bond acceptors (Lipinski definition) is 3. The Morgan fingerprint density at radius 1 is 1.21 bits per heavy atom. The van der Waals surface area contributed by atoms with Crippen LogP contribution in [0, 0.1) is 0 Å². The zero-order valence-corrected chi connectivity index (χ0v) is 11.6. The van der Waals surface area contributed by atoms with Gasteiger partial charge in [0.25, 0.3) is 0 Å². The van der Waals surface area contributed by atoms with E-state index in [1.54, 1.807) is 6.20 Å². The molecule has 1 N–H and O–H groups in total. The number of nitrogens with zero attached hydrogens (tertiary/aromatic N) is 1. The van der Waals surface area contributed by atoms with Crippen molar-refractivity contribution < 1.29 is 4.74 Å². The van der Waals surface area contributed by atoms with Gasteiger partial charge in [-0.1, -0.05) is 30.3 Å². The Bertz CT molecular complexity index is 505. The van der Waals surface area contributed by atoms with Gasteiger partial charge >= 0.3 is 0 Å². The lowest BCUT2D eigenvalue weighted by atomic mass is 10.1. The second-order valence-corrected chi connectivity index (χ2v) is 4.57. The Kier molecular flexibility index (Phi) is 5.04. The van der Waals surface area contributed by atoms with Crippen LogP contribution in [-0.4, -0.2) is 18.1 Å². The summed E-state index contributed by atoms with van der Waals surface area (Å²) < 4.78 is 5.51. The molecule has 0 saturated heterocycles. The first kappa shape index (κ1) is 13.7. The van der Waals surface area contributed by atoms with Crippen molar-refractivity contribution in [3.63, 3.8) is 0 Å². The van der Waals surface area contributed by atoms with E-state index in [4.69, 9.17) is 16.3 Å². The van der Waals surface area contributed by atoms with Gasteiger partial charge in [0, 0.05) is 12.7 Å². The third-order valence-electron chi connectivity index (χ3n) is 2.68. The number of ether oxygens (including phenoxy) is 1. The summed E-state index contributed by atoms with van der Waals surface area (Å²) in [6, 6.07) is 13.7. The number of halogens is 1. The fourth-order valence-electron chi connectivity index (χ4n) is 1.76. The first-order valence-electron chi connectivity index (χ1n) is 6.32. The normalized spacial score (nSPS) is 11.9. The highest BCUT2D eigenvalue weighted by Crippen LogP contribution is 2.24. The Hall–Kier alpha value is -1.74. The highest BCUT2D eigenvalue weighted by molar-refractivity contribution is 6.21. The van der Waals surface area contributed by atoms with E-state index in [-0.39, 0.29) is 5.38 Å². The van der Waals surface area contributed by atoms with Gasteiger partial charge in [-0.2, -0.15) is 0 Å².